The van der Waals surface area contributed by atoms with Crippen LogP contribution < -0.4 is 20.9 Å². The van der Waals surface area contributed by atoms with E-state index in [-0.39, 0.29) is 5.75 Å². The molecule has 1 fully saturated rings. The number of hydrogen-bond acceptors (Lipinski definition) is 11. The van der Waals surface area contributed by atoms with Crippen LogP contribution in [0.25, 0.3) is 11.3 Å². The number of aliphatic hydroxyl groups is 1. The lowest BCUT2D eigenvalue weighted by atomic mass is 9.98. The summed E-state index contributed by atoms with van der Waals surface area (Å²) < 4.78 is 52.3. The van der Waals surface area contributed by atoms with Crippen LogP contribution in [0.4, 0.5) is 4.39 Å². The quantitative estimate of drug-likeness (QED) is 0.211. The fourth-order valence-corrected chi connectivity index (χ4v) is 6.34. The minimum Gasteiger partial charge on any atom is -0.462 e. The number of carbonyl (C=O) groups excluding carboxylic acids is 1. The zero-order valence-corrected chi connectivity index (χ0v) is 25.2. The summed E-state index contributed by atoms with van der Waals surface area (Å²) in [6.45, 7) is 6.99. The molecule has 1 saturated heterocycles. The van der Waals surface area contributed by atoms with Crippen molar-refractivity contribution < 1.29 is 37.4 Å². The van der Waals surface area contributed by atoms with E-state index in [1.165, 1.54) is 18.3 Å². The second kappa shape index (κ2) is 12.6. The van der Waals surface area contributed by atoms with Crippen molar-refractivity contribution in [2.45, 2.75) is 70.9 Å². The first-order valence-electron chi connectivity index (χ1n) is 13.0. The van der Waals surface area contributed by atoms with E-state index in [0.717, 1.165) is 39.9 Å². The zero-order chi connectivity index (χ0) is 30.8. The SMILES string of the molecule is Cc1scnc1-c1ccc(OP(=O)(N[C@@H](C)C(=O)OC(C)C)OC[C@H]2O[C@@H](n3ccc(=O)[nH]c3=O)[C@](C)(F)[C@@H]2O)cc1. The second-order valence-electron chi connectivity index (χ2n) is 10.1. The van der Waals surface area contributed by atoms with Gasteiger partial charge in [0.2, 0.25) is 0 Å². The fraction of sp³-hybridized carbons (Fsp3) is 0.462. The molecule has 1 aliphatic heterocycles. The molecule has 3 aromatic rings. The predicted molar refractivity (Wildman–Crippen MR) is 151 cm³/mol. The minimum absolute atomic E-state index is 0.118. The van der Waals surface area contributed by atoms with E-state index < -0.39 is 67.8 Å². The van der Waals surface area contributed by atoms with Crippen molar-refractivity contribution in [2.24, 2.45) is 0 Å². The van der Waals surface area contributed by atoms with Gasteiger partial charge in [-0.25, -0.2) is 18.7 Å². The van der Waals surface area contributed by atoms with Gasteiger partial charge in [0.05, 0.1) is 23.9 Å². The molecule has 6 atom stereocenters. The third-order valence-electron chi connectivity index (χ3n) is 6.38. The number of hydrogen-bond donors (Lipinski definition) is 3. The monoisotopic (exact) mass is 626 g/mol. The van der Waals surface area contributed by atoms with E-state index in [0.29, 0.717) is 0 Å². The van der Waals surface area contributed by atoms with Crippen molar-refractivity contribution in [3.05, 3.63) is 67.8 Å². The number of ether oxygens (including phenoxy) is 2. The van der Waals surface area contributed by atoms with E-state index in [4.69, 9.17) is 18.5 Å². The van der Waals surface area contributed by atoms with Crippen LogP contribution in [0.3, 0.4) is 0 Å². The number of aromatic amines is 1. The number of aliphatic hydroxyl groups excluding tert-OH is 1. The van der Waals surface area contributed by atoms with Crippen LogP contribution in [0.2, 0.25) is 0 Å². The van der Waals surface area contributed by atoms with Crippen molar-refractivity contribution in [1.29, 1.82) is 0 Å². The average molecular weight is 627 g/mol. The molecule has 228 valence electrons. The molecule has 13 nitrogen and oxygen atoms in total. The number of esters is 1. The highest BCUT2D eigenvalue weighted by atomic mass is 32.1. The van der Waals surface area contributed by atoms with Crippen LogP contribution in [0.5, 0.6) is 5.75 Å². The maximum atomic E-state index is 15.6. The van der Waals surface area contributed by atoms with Crippen LogP contribution in [0.15, 0.2) is 51.6 Å². The maximum absolute atomic E-state index is 15.6. The maximum Gasteiger partial charge on any atom is 0.459 e. The molecule has 16 heteroatoms. The Morgan fingerprint density at radius 2 is 1.98 bits per heavy atom. The topological polar surface area (TPSA) is 171 Å². The first kappa shape index (κ1) is 31.7. The summed E-state index contributed by atoms with van der Waals surface area (Å²) in [5.41, 5.74) is -0.849. The number of nitrogens with one attached hydrogen (secondary N) is 2. The molecule has 0 amide bonds. The number of benzene rings is 1. The first-order chi connectivity index (χ1) is 19.7. The van der Waals surface area contributed by atoms with Gasteiger partial charge in [-0.15, -0.1) is 11.3 Å². The molecule has 0 aliphatic carbocycles. The fourth-order valence-electron chi connectivity index (χ4n) is 4.24. The molecule has 0 radical (unpaired) electrons. The molecule has 42 heavy (non-hydrogen) atoms. The van der Waals surface area contributed by atoms with Gasteiger partial charge in [0.1, 0.15) is 24.0 Å². The van der Waals surface area contributed by atoms with Gasteiger partial charge < -0.3 is 19.1 Å². The van der Waals surface area contributed by atoms with Crippen LogP contribution in [0, 0.1) is 6.92 Å². The Bertz CT molecular complexity index is 1570. The van der Waals surface area contributed by atoms with Crippen LogP contribution in [0.1, 0.15) is 38.8 Å². The van der Waals surface area contributed by atoms with Crippen LogP contribution in [-0.2, 0) is 23.4 Å². The summed E-state index contributed by atoms with van der Waals surface area (Å²) >= 11 is 1.49. The number of halogens is 1. The van der Waals surface area contributed by atoms with E-state index in [2.05, 4.69) is 10.1 Å². The summed E-state index contributed by atoms with van der Waals surface area (Å²) in [6, 6.07) is 6.36. The van der Waals surface area contributed by atoms with Gasteiger partial charge in [0.25, 0.3) is 5.56 Å². The molecule has 2 aromatic heterocycles. The molecule has 0 saturated carbocycles. The molecular formula is C26H32FN4O9PS. The Kier molecular flexibility index (Phi) is 9.50. The van der Waals surface area contributed by atoms with E-state index in [9.17, 15) is 24.1 Å². The molecular weight excluding hydrogens is 594 g/mol. The number of thiazole rings is 1. The van der Waals surface area contributed by atoms with E-state index >= 15 is 4.39 Å². The lowest BCUT2D eigenvalue weighted by Crippen LogP contribution is -2.43. The summed E-state index contributed by atoms with van der Waals surface area (Å²) in [5.74, 6) is -0.606. The van der Waals surface area contributed by atoms with Gasteiger partial charge in [-0.05, 0) is 58.9 Å². The highest BCUT2D eigenvalue weighted by molar-refractivity contribution is 7.52. The number of aryl methyl sites for hydroxylation is 1. The van der Waals surface area contributed by atoms with Gasteiger partial charge >= 0.3 is 19.4 Å². The number of aromatic nitrogens is 3. The Morgan fingerprint density at radius 1 is 1.29 bits per heavy atom. The van der Waals surface area contributed by atoms with Gasteiger partial charge in [-0.1, -0.05) is 0 Å². The summed E-state index contributed by atoms with van der Waals surface area (Å²) in [5, 5.41) is 13.2. The number of alkyl halides is 1. The Morgan fingerprint density at radius 3 is 2.57 bits per heavy atom. The minimum atomic E-state index is -4.40. The summed E-state index contributed by atoms with van der Waals surface area (Å²) in [7, 11) is -4.40. The molecule has 0 spiro atoms. The van der Waals surface area contributed by atoms with Gasteiger partial charge in [-0.3, -0.25) is 23.7 Å². The molecule has 1 aromatic carbocycles. The number of rotatable bonds is 11. The predicted octanol–water partition coefficient (Wildman–Crippen LogP) is 3.09. The van der Waals surface area contributed by atoms with Crippen molar-refractivity contribution >= 4 is 25.1 Å². The zero-order valence-electron chi connectivity index (χ0n) is 23.5. The van der Waals surface area contributed by atoms with Crippen molar-refractivity contribution in [3.8, 4) is 17.0 Å². The first-order valence-corrected chi connectivity index (χ1v) is 15.4. The molecule has 3 heterocycles. The number of carbonyl (C=O) groups is 1. The van der Waals surface area contributed by atoms with Gasteiger partial charge in [0, 0.05) is 22.7 Å². The number of nitrogens with zero attached hydrogens (tertiary/aromatic N) is 2. The van der Waals surface area contributed by atoms with Crippen molar-refractivity contribution in [1.82, 2.24) is 19.6 Å². The highest BCUT2D eigenvalue weighted by Crippen LogP contribution is 2.47. The Balaban J connectivity index is 1.55. The average Bonchev–Trinajstić information content (AvgIpc) is 3.43. The molecule has 4 rings (SSSR count). The third kappa shape index (κ3) is 7.05. The molecule has 0 bridgehead atoms. The van der Waals surface area contributed by atoms with Gasteiger partial charge in [-0.2, -0.15) is 5.09 Å². The molecule has 1 unspecified atom stereocenters. The molecule has 3 N–H and O–H groups in total. The normalized spacial score (nSPS) is 24.3. The Labute approximate surface area is 244 Å². The number of H-pyrrole nitrogens is 1. The smallest absolute Gasteiger partial charge is 0.459 e. The Hall–Kier alpha value is -3.20. The van der Waals surface area contributed by atoms with Crippen LogP contribution >= 0.6 is 19.1 Å². The third-order valence-corrected chi connectivity index (χ3v) is 8.79. The van der Waals surface area contributed by atoms with Crippen molar-refractivity contribution in [3.63, 3.8) is 0 Å². The van der Waals surface area contributed by atoms with Gasteiger partial charge in [0.15, 0.2) is 11.9 Å². The largest absolute Gasteiger partial charge is 0.462 e. The summed E-state index contributed by atoms with van der Waals surface area (Å²) in [6.07, 6.45) is -4.30. The highest BCUT2D eigenvalue weighted by Gasteiger charge is 2.56. The summed E-state index contributed by atoms with van der Waals surface area (Å²) in [4.78, 5) is 43.5. The lowest BCUT2D eigenvalue weighted by Gasteiger charge is -2.25. The van der Waals surface area contributed by atoms with E-state index in [1.54, 1.807) is 43.6 Å². The van der Waals surface area contributed by atoms with Crippen LogP contribution in [-0.4, -0.2) is 62.2 Å². The molecule has 1 aliphatic rings. The standard InChI is InChI=1S/C26H32FN4O9PS/c1-14(2)38-23(34)15(3)30-41(36,40-18-8-6-17(7-9-18)21-16(4)42-13-28-21)37-12-19-22(33)26(5,27)24(39-19)31-11-10-20(32)29-25(31)35/h6-11,13-15,19,22,24,33H,12H2,1-5H3,(H,30,36)(H,29,32,35)/t15-,19+,22+,24+,26+,41?/m0/s1. The van der Waals surface area contributed by atoms with E-state index in [1.807, 2.05) is 11.9 Å². The lowest BCUT2D eigenvalue weighted by molar-refractivity contribution is -0.149. The second-order valence-corrected chi connectivity index (χ2v) is 12.9. The van der Waals surface area contributed by atoms with Crippen molar-refractivity contribution in [2.75, 3.05) is 6.61 Å².